The zero-order valence-corrected chi connectivity index (χ0v) is 55.1. The van der Waals surface area contributed by atoms with Crippen LogP contribution in [0.2, 0.25) is 0 Å². The Labute approximate surface area is 504 Å². The number of allylic oxidation sites excluding steroid dienone is 3. The van der Waals surface area contributed by atoms with Crippen molar-refractivity contribution in [2.24, 2.45) is 0 Å². The van der Waals surface area contributed by atoms with Crippen molar-refractivity contribution in [2.75, 3.05) is 6.61 Å². The minimum absolute atomic E-state index is 0.0633. The number of hydrogen-bond acceptors (Lipinski definition) is 3. The summed E-state index contributed by atoms with van der Waals surface area (Å²) in [5.74, 6) is -0.0633. The van der Waals surface area contributed by atoms with Crippen LogP contribution in [0.4, 0.5) is 0 Å². The van der Waals surface area contributed by atoms with E-state index in [1.165, 1.54) is 385 Å². The molecule has 0 radical (unpaired) electrons. The minimum atomic E-state index is -0.862. The number of carbonyl (C=O) groups is 1. The molecule has 0 spiro atoms. The van der Waals surface area contributed by atoms with Crippen LogP contribution in [0, 0.1) is 0 Å². The summed E-state index contributed by atoms with van der Waals surface area (Å²) in [5.41, 5.74) is 0. The zero-order valence-electron chi connectivity index (χ0n) is 55.1. The predicted octanol–water partition coefficient (Wildman–Crippen LogP) is 25.7. The van der Waals surface area contributed by atoms with E-state index < -0.39 is 12.1 Å². The van der Waals surface area contributed by atoms with Gasteiger partial charge in [0.2, 0.25) is 5.91 Å². The number of unbranched alkanes of at least 4 members (excludes halogenated alkanes) is 62. The van der Waals surface area contributed by atoms with Gasteiger partial charge < -0.3 is 15.5 Å². The maximum Gasteiger partial charge on any atom is 0.220 e. The summed E-state index contributed by atoms with van der Waals surface area (Å²) in [5, 5.41) is 23.3. The standard InChI is InChI=1S/C76H149NO3/c1-3-5-7-9-11-13-15-17-19-21-23-25-27-29-31-33-35-37-38-39-40-42-44-46-48-50-52-54-56-58-60-62-64-66-68-70-72-76(80)77-74(73-78)75(79)71-69-67-65-63-61-59-57-55-53-51-49-47-45-43-41-36-34-32-30-28-26-24-22-20-18-16-14-12-10-8-6-4-2/h61,63,69,71,74-75,78-79H,3-60,62,64-68,70,72-73H2,1-2H3,(H,77,80)/b63-61+,71-69+. The molecule has 0 fully saturated rings. The smallest absolute Gasteiger partial charge is 0.220 e. The molecule has 4 heteroatoms. The lowest BCUT2D eigenvalue weighted by Gasteiger charge is -2.19. The van der Waals surface area contributed by atoms with Gasteiger partial charge in [0, 0.05) is 6.42 Å². The van der Waals surface area contributed by atoms with Gasteiger partial charge in [-0.25, -0.2) is 0 Å². The molecule has 0 bridgehead atoms. The van der Waals surface area contributed by atoms with E-state index in [1.807, 2.05) is 6.08 Å². The third-order valence-electron chi connectivity index (χ3n) is 17.9. The number of rotatable bonds is 71. The Morgan fingerprint density at radius 1 is 0.287 bits per heavy atom. The first-order chi connectivity index (χ1) is 39.7. The molecule has 4 nitrogen and oxygen atoms in total. The first kappa shape index (κ1) is 78.9. The Balaban J connectivity index is 3.41. The van der Waals surface area contributed by atoms with Crippen LogP contribution in [-0.2, 0) is 4.79 Å². The van der Waals surface area contributed by atoms with E-state index in [-0.39, 0.29) is 12.5 Å². The first-order valence-electron chi connectivity index (χ1n) is 37.6. The van der Waals surface area contributed by atoms with Crippen LogP contribution in [0.15, 0.2) is 24.3 Å². The van der Waals surface area contributed by atoms with Crippen molar-refractivity contribution in [3.8, 4) is 0 Å². The molecule has 3 N–H and O–H groups in total. The second-order valence-electron chi connectivity index (χ2n) is 26.1. The van der Waals surface area contributed by atoms with Gasteiger partial charge in [-0.15, -0.1) is 0 Å². The lowest BCUT2D eigenvalue weighted by molar-refractivity contribution is -0.123. The zero-order chi connectivity index (χ0) is 57.6. The molecular formula is C76H149NO3. The molecule has 0 saturated carbocycles. The van der Waals surface area contributed by atoms with Crippen molar-refractivity contribution >= 4 is 5.91 Å². The Bertz CT molecular complexity index is 1180. The van der Waals surface area contributed by atoms with Crippen LogP contribution in [0.3, 0.4) is 0 Å². The molecule has 0 aliphatic carbocycles. The SMILES string of the molecule is CCCCCCCCCCCCCCCCCCCCCCCCCCCC/C=C/CC/C=C/C(O)C(CO)NC(=O)CCCCCCCCCCCCCCCCCCCCCCCCCCCCCCCCCCCCCC. The number of hydrogen-bond donors (Lipinski definition) is 3. The summed E-state index contributed by atoms with van der Waals surface area (Å²) >= 11 is 0. The van der Waals surface area contributed by atoms with Gasteiger partial charge in [-0.2, -0.15) is 0 Å². The number of amides is 1. The van der Waals surface area contributed by atoms with Gasteiger partial charge in [-0.3, -0.25) is 4.79 Å². The Morgan fingerprint density at radius 2 is 0.487 bits per heavy atom. The fourth-order valence-corrected chi connectivity index (χ4v) is 12.3. The number of aliphatic hydroxyl groups excluding tert-OH is 2. The Hall–Kier alpha value is -1.13. The quantitative estimate of drug-likeness (QED) is 0.0420. The number of nitrogens with one attached hydrogen (secondary N) is 1. The molecule has 0 aliphatic rings. The van der Waals surface area contributed by atoms with E-state index in [4.69, 9.17) is 0 Å². The fraction of sp³-hybridized carbons (Fsp3) is 0.934. The molecule has 80 heavy (non-hydrogen) atoms. The molecule has 0 aromatic rings. The average molecular weight is 1130 g/mol. The van der Waals surface area contributed by atoms with E-state index in [0.717, 1.165) is 32.1 Å². The summed E-state index contributed by atoms with van der Waals surface area (Å²) in [6, 6.07) is -0.638. The van der Waals surface area contributed by atoms with Gasteiger partial charge in [0.1, 0.15) is 0 Å². The summed E-state index contributed by atoms with van der Waals surface area (Å²) < 4.78 is 0. The summed E-state index contributed by atoms with van der Waals surface area (Å²) in [7, 11) is 0. The van der Waals surface area contributed by atoms with Crippen LogP contribution < -0.4 is 5.32 Å². The van der Waals surface area contributed by atoms with E-state index in [9.17, 15) is 15.0 Å². The lowest BCUT2D eigenvalue weighted by Crippen LogP contribution is -2.45. The minimum Gasteiger partial charge on any atom is -0.394 e. The molecule has 0 rings (SSSR count). The second-order valence-corrected chi connectivity index (χ2v) is 26.1. The summed E-state index contributed by atoms with van der Waals surface area (Å²) in [6.45, 7) is 4.36. The van der Waals surface area contributed by atoms with Crippen molar-refractivity contribution < 1.29 is 15.0 Å². The van der Waals surface area contributed by atoms with Crippen LogP contribution in [0.25, 0.3) is 0 Å². The van der Waals surface area contributed by atoms with Crippen molar-refractivity contribution in [3.63, 3.8) is 0 Å². The fourth-order valence-electron chi connectivity index (χ4n) is 12.3. The predicted molar refractivity (Wildman–Crippen MR) is 359 cm³/mol. The summed E-state index contributed by atoms with van der Waals surface area (Å²) in [6.07, 6.45) is 98.8. The monoisotopic (exact) mass is 1120 g/mol. The normalized spacial score (nSPS) is 12.7. The van der Waals surface area contributed by atoms with Crippen LogP contribution >= 0.6 is 0 Å². The molecule has 0 heterocycles. The lowest BCUT2D eigenvalue weighted by atomic mass is 10.0. The highest BCUT2D eigenvalue weighted by Gasteiger charge is 2.18. The molecule has 2 atom stereocenters. The van der Waals surface area contributed by atoms with E-state index in [0.29, 0.717) is 6.42 Å². The van der Waals surface area contributed by atoms with Gasteiger partial charge in [-0.1, -0.05) is 423 Å². The molecule has 476 valence electrons. The molecule has 0 aromatic carbocycles. The number of aliphatic hydroxyl groups is 2. The van der Waals surface area contributed by atoms with Gasteiger partial charge in [0.05, 0.1) is 18.8 Å². The molecule has 2 unspecified atom stereocenters. The van der Waals surface area contributed by atoms with Crippen molar-refractivity contribution in [1.82, 2.24) is 5.32 Å². The molecule has 0 aromatic heterocycles. The van der Waals surface area contributed by atoms with E-state index in [1.54, 1.807) is 6.08 Å². The second kappa shape index (κ2) is 72.1. The van der Waals surface area contributed by atoms with Crippen molar-refractivity contribution in [2.45, 2.75) is 450 Å². The topological polar surface area (TPSA) is 69.6 Å². The van der Waals surface area contributed by atoms with Gasteiger partial charge in [0.15, 0.2) is 0 Å². The largest absolute Gasteiger partial charge is 0.394 e. The van der Waals surface area contributed by atoms with Crippen LogP contribution in [0.5, 0.6) is 0 Å². The molecule has 0 aliphatic heterocycles. The average Bonchev–Trinajstić information content (AvgIpc) is 3.46. The Kier molecular flexibility index (Phi) is 71.1. The maximum atomic E-state index is 12.6. The molecule has 1 amide bonds. The highest BCUT2D eigenvalue weighted by Crippen LogP contribution is 2.20. The third kappa shape index (κ3) is 67.7. The highest BCUT2D eigenvalue weighted by molar-refractivity contribution is 5.76. The highest BCUT2D eigenvalue weighted by atomic mass is 16.3. The third-order valence-corrected chi connectivity index (χ3v) is 17.9. The van der Waals surface area contributed by atoms with Crippen molar-refractivity contribution in [1.29, 1.82) is 0 Å². The van der Waals surface area contributed by atoms with Gasteiger partial charge in [0.25, 0.3) is 0 Å². The van der Waals surface area contributed by atoms with Crippen molar-refractivity contribution in [3.05, 3.63) is 24.3 Å². The maximum absolute atomic E-state index is 12.6. The van der Waals surface area contributed by atoms with E-state index >= 15 is 0 Å². The summed E-state index contributed by atoms with van der Waals surface area (Å²) in [4.78, 5) is 12.6. The van der Waals surface area contributed by atoms with Gasteiger partial charge in [-0.05, 0) is 32.1 Å². The van der Waals surface area contributed by atoms with E-state index in [2.05, 4.69) is 31.3 Å². The number of carbonyl (C=O) groups excluding carboxylic acids is 1. The Morgan fingerprint density at radius 3 is 0.725 bits per heavy atom. The van der Waals surface area contributed by atoms with Crippen LogP contribution in [-0.4, -0.2) is 34.9 Å². The first-order valence-corrected chi connectivity index (χ1v) is 37.6. The molecule has 0 saturated heterocycles. The van der Waals surface area contributed by atoms with Gasteiger partial charge >= 0.3 is 0 Å². The van der Waals surface area contributed by atoms with Crippen LogP contribution in [0.1, 0.15) is 438 Å². The molecular weight excluding hydrogens is 975 g/mol.